The summed E-state index contributed by atoms with van der Waals surface area (Å²) in [4.78, 5) is 55.0. The Morgan fingerprint density at radius 3 is 2.58 bits per heavy atom. The Morgan fingerprint density at radius 2 is 1.88 bits per heavy atom. The van der Waals surface area contributed by atoms with Gasteiger partial charge in [0, 0.05) is 31.2 Å². The molecule has 3 amide bonds. The third-order valence-electron chi connectivity index (χ3n) is 5.57. The van der Waals surface area contributed by atoms with Crippen molar-refractivity contribution in [2.75, 3.05) is 25.0 Å². The van der Waals surface area contributed by atoms with Gasteiger partial charge in [0.05, 0.1) is 5.56 Å². The molecule has 0 aromatic heterocycles. The van der Waals surface area contributed by atoms with Gasteiger partial charge in [0.25, 0.3) is 11.8 Å². The van der Waals surface area contributed by atoms with Crippen LogP contribution in [0.4, 0.5) is 5.69 Å². The zero-order valence-corrected chi connectivity index (χ0v) is 19.8. The number of nitrogens with one attached hydrogen (secondary N) is 2. The average molecular weight is 475 g/mol. The van der Waals surface area contributed by atoms with E-state index in [2.05, 4.69) is 15.6 Å². The number of amides is 3. The second-order valence-corrected chi connectivity index (χ2v) is 9.14. The maximum Gasteiger partial charge on any atom is 0.338 e. The number of esters is 1. The number of benzene rings is 1. The van der Waals surface area contributed by atoms with E-state index in [1.807, 2.05) is 18.7 Å². The summed E-state index contributed by atoms with van der Waals surface area (Å²) in [5.74, 6) is -1.63. The van der Waals surface area contributed by atoms with Crippen LogP contribution in [0, 0.1) is 0 Å². The lowest BCUT2D eigenvalue weighted by Gasteiger charge is -2.19. The molecular formula is C23H30N4O5S. The molecule has 0 radical (unpaired) electrons. The van der Waals surface area contributed by atoms with Crippen LogP contribution in [0.1, 0.15) is 56.3 Å². The number of ether oxygens (including phenoxy) is 1. The van der Waals surface area contributed by atoms with Crippen LogP contribution in [0.15, 0.2) is 29.3 Å². The number of carbonyl (C=O) groups excluding carboxylic acids is 4. The predicted molar refractivity (Wildman–Crippen MR) is 127 cm³/mol. The van der Waals surface area contributed by atoms with Crippen LogP contribution in [-0.4, -0.2) is 64.7 Å². The molecule has 2 aliphatic rings. The van der Waals surface area contributed by atoms with E-state index in [1.54, 1.807) is 18.2 Å². The number of amidine groups is 1. The summed E-state index contributed by atoms with van der Waals surface area (Å²) in [7, 11) is 0. The first-order valence-corrected chi connectivity index (χ1v) is 12.2. The average Bonchev–Trinajstić information content (AvgIpc) is 3.43. The molecule has 3 rings (SSSR count). The largest absolute Gasteiger partial charge is 0.452 e. The van der Waals surface area contributed by atoms with Crippen molar-refractivity contribution in [3.8, 4) is 0 Å². The van der Waals surface area contributed by atoms with Gasteiger partial charge in [-0.25, -0.2) is 4.79 Å². The summed E-state index contributed by atoms with van der Waals surface area (Å²) in [5, 5.41) is 5.66. The molecule has 1 aromatic carbocycles. The van der Waals surface area contributed by atoms with Gasteiger partial charge in [-0.05, 0) is 44.9 Å². The molecule has 9 nitrogen and oxygen atoms in total. The lowest BCUT2D eigenvalue weighted by Crippen LogP contribution is -2.35. The van der Waals surface area contributed by atoms with E-state index in [1.165, 1.54) is 17.8 Å². The third kappa shape index (κ3) is 7.05. The molecule has 178 valence electrons. The van der Waals surface area contributed by atoms with Crippen molar-refractivity contribution < 1.29 is 23.9 Å². The number of aliphatic imine (C=N–C) groups is 1. The molecule has 1 fully saturated rings. The Labute approximate surface area is 197 Å². The number of hydrogen-bond donors (Lipinski definition) is 2. The first kappa shape index (κ1) is 24.8. The number of carbonyl (C=O) groups is 4. The van der Waals surface area contributed by atoms with Gasteiger partial charge in [0.2, 0.25) is 5.91 Å². The van der Waals surface area contributed by atoms with Crippen molar-refractivity contribution in [1.82, 2.24) is 10.2 Å². The summed E-state index contributed by atoms with van der Waals surface area (Å²) in [6.45, 7) is 5.09. The van der Waals surface area contributed by atoms with Crippen LogP contribution >= 0.6 is 11.8 Å². The van der Waals surface area contributed by atoms with Crippen LogP contribution in [0.25, 0.3) is 0 Å². The van der Waals surface area contributed by atoms with Crippen molar-refractivity contribution in [1.29, 1.82) is 0 Å². The fourth-order valence-electron chi connectivity index (χ4n) is 3.80. The van der Waals surface area contributed by atoms with E-state index < -0.39 is 11.2 Å². The number of rotatable bonds is 9. The fraction of sp³-hybridized carbons (Fsp3) is 0.522. The Balaban J connectivity index is 1.48. The molecule has 33 heavy (non-hydrogen) atoms. The smallest absolute Gasteiger partial charge is 0.338 e. The summed E-state index contributed by atoms with van der Waals surface area (Å²) in [6.07, 6.45) is 4.08. The minimum Gasteiger partial charge on any atom is -0.452 e. The number of anilines is 1. The summed E-state index contributed by atoms with van der Waals surface area (Å²) in [6, 6.07) is 6.45. The number of hydrogen-bond acceptors (Lipinski definition) is 7. The molecule has 1 aromatic rings. The van der Waals surface area contributed by atoms with Crippen LogP contribution < -0.4 is 10.6 Å². The molecule has 1 unspecified atom stereocenters. The van der Waals surface area contributed by atoms with E-state index >= 15 is 0 Å². The normalized spacial score (nSPS) is 18.1. The summed E-state index contributed by atoms with van der Waals surface area (Å²) in [5.41, 5.74) is 0.630. The van der Waals surface area contributed by atoms with Crippen LogP contribution in [0.2, 0.25) is 0 Å². The first-order valence-electron chi connectivity index (χ1n) is 11.3. The highest BCUT2D eigenvalue weighted by Gasteiger charge is 2.32. The Kier molecular flexibility index (Phi) is 8.87. The highest BCUT2D eigenvalue weighted by Crippen LogP contribution is 2.27. The molecule has 0 spiro atoms. The number of thioether (sulfide) groups is 1. The first-order chi connectivity index (χ1) is 15.9. The fourth-order valence-corrected chi connectivity index (χ4v) is 4.99. The Bertz CT molecular complexity index is 925. The molecule has 0 bridgehead atoms. The van der Waals surface area contributed by atoms with Gasteiger partial charge in [0.15, 0.2) is 11.8 Å². The van der Waals surface area contributed by atoms with Crippen LogP contribution in [0.5, 0.6) is 0 Å². The third-order valence-corrected chi connectivity index (χ3v) is 6.78. The molecule has 0 saturated heterocycles. The van der Waals surface area contributed by atoms with Gasteiger partial charge in [-0.2, -0.15) is 4.99 Å². The van der Waals surface area contributed by atoms with Gasteiger partial charge in [-0.15, -0.1) is 0 Å². The van der Waals surface area contributed by atoms with Crippen molar-refractivity contribution in [2.24, 2.45) is 4.99 Å². The second-order valence-electron chi connectivity index (χ2n) is 7.97. The standard InChI is InChI=1S/C23H30N4O5S/c1-3-27(4-2)23-26-21(30)18(33-23)13-19(28)25-17-11-7-8-15(12-17)22(31)32-14-20(29)24-16-9-5-6-10-16/h7-8,11-12,16,18H,3-6,9-10,13-14H2,1-2H3,(H,24,29)(H,25,28). The minimum absolute atomic E-state index is 0.0201. The summed E-state index contributed by atoms with van der Waals surface area (Å²) < 4.78 is 5.11. The summed E-state index contributed by atoms with van der Waals surface area (Å²) >= 11 is 1.30. The van der Waals surface area contributed by atoms with Gasteiger partial charge < -0.3 is 20.3 Å². The van der Waals surface area contributed by atoms with E-state index in [9.17, 15) is 19.2 Å². The predicted octanol–water partition coefficient (Wildman–Crippen LogP) is 2.57. The zero-order valence-electron chi connectivity index (χ0n) is 19.0. The molecule has 1 aliphatic heterocycles. The lowest BCUT2D eigenvalue weighted by molar-refractivity contribution is -0.125. The quantitative estimate of drug-likeness (QED) is 0.528. The molecule has 1 aliphatic carbocycles. The topological polar surface area (TPSA) is 117 Å². The molecule has 1 saturated carbocycles. The molecule has 1 heterocycles. The second kappa shape index (κ2) is 11.8. The van der Waals surface area contributed by atoms with E-state index in [-0.39, 0.29) is 42.4 Å². The molecule has 10 heteroatoms. The van der Waals surface area contributed by atoms with Gasteiger partial charge in [-0.3, -0.25) is 14.4 Å². The van der Waals surface area contributed by atoms with Crippen molar-refractivity contribution in [3.05, 3.63) is 29.8 Å². The SMILES string of the molecule is CCN(CC)C1=NC(=O)C(CC(=O)Nc2cccc(C(=O)OCC(=O)NC3CCCC3)c2)S1. The number of nitrogens with zero attached hydrogens (tertiary/aromatic N) is 2. The van der Waals surface area contributed by atoms with E-state index in [0.29, 0.717) is 10.9 Å². The minimum atomic E-state index is -0.647. The molecule has 1 atom stereocenters. The van der Waals surface area contributed by atoms with Crippen LogP contribution in [0.3, 0.4) is 0 Å². The van der Waals surface area contributed by atoms with Gasteiger partial charge >= 0.3 is 5.97 Å². The zero-order chi connectivity index (χ0) is 23.8. The maximum atomic E-state index is 12.5. The highest BCUT2D eigenvalue weighted by molar-refractivity contribution is 8.15. The van der Waals surface area contributed by atoms with Gasteiger partial charge in [-0.1, -0.05) is 30.7 Å². The van der Waals surface area contributed by atoms with Crippen molar-refractivity contribution >= 4 is 46.3 Å². The maximum absolute atomic E-state index is 12.5. The van der Waals surface area contributed by atoms with Crippen molar-refractivity contribution in [2.45, 2.75) is 57.2 Å². The lowest BCUT2D eigenvalue weighted by atomic mass is 10.2. The van der Waals surface area contributed by atoms with Gasteiger partial charge in [0.1, 0.15) is 5.25 Å². The molecule has 2 N–H and O–H groups in total. The molecular weight excluding hydrogens is 444 g/mol. The van der Waals surface area contributed by atoms with Crippen molar-refractivity contribution in [3.63, 3.8) is 0 Å². The Hall–Kier alpha value is -2.88. The van der Waals surface area contributed by atoms with Crippen LogP contribution in [-0.2, 0) is 19.1 Å². The van der Waals surface area contributed by atoms with E-state index in [0.717, 1.165) is 38.8 Å². The Morgan fingerprint density at radius 1 is 1.15 bits per heavy atom. The monoisotopic (exact) mass is 474 g/mol. The highest BCUT2D eigenvalue weighted by atomic mass is 32.2. The van der Waals surface area contributed by atoms with E-state index in [4.69, 9.17) is 4.74 Å².